The van der Waals surface area contributed by atoms with Crippen molar-refractivity contribution in [2.24, 2.45) is 5.41 Å². The predicted molar refractivity (Wildman–Crippen MR) is 60.8 cm³/mol. The smallest absolute Gasteiger partial charge is 0.0791 e. The number of rotatable bonds is 5. The average Bonchev–Trinajstić information content (AvgIpc) is 2.10. The molecule has 0 aromatic rings. The third-order valence-corrected chi connectivity index (χ3v) is 3.39. The summed E-state index contributed by atoms with van der Waals surface area (Å²) in [6.07, 6.45) is 0.247. The Bertz CT molecular complexity index is 207. The topological polar surface area (TPSA) is 55.7 Å². The molecule has 3 unspecified atom stereocenters. The van der Waals surface area contributed by atoms with E-state index in [1.54, 1.807) is 0 Å². The fourth-order valence-electron chi connectivity index (χ4n) is 2.01. The molecule has 1 saturated carbocycles. The highest BCUT2D eigenvalue weighted by Gasteiger charge is 2.46. The summed E-state index contributed by atoms with van der Waals surface area (Å²) in [5, 5.41) is 22.5. The van der Waals surface area contributed by atoms with Crippen LogP contribution in [0.1, 0.15) is 20.3 Å². The summed E-state index contributed by atoms with van der Waals surface area (Å²) in [7, 11) is 3.89. The number of aliphatic hydroxyl groups excluding tert-OH is 2. The van der Waals surface area contributed by atoms with Gasteiger partial charge in [0.1, 0.15) is 0 Å². The van der Waals surface area contributed by atoms with Crippen LogP contribution in [0.25, 0.3) is 0 Å². The Morgan fingerprint density at radius 3 is 2.47 bits per heavy atom. The lowest BCUT2D eigenvalue weighted by atomic mass is 9.64. The van der Waals surface area contributed by atoms with Crippen LogP contribution < -0.4 is 5.32 Å². The largest absolute Gasteiger partial charge is 0.392 e. The summed E-state index contributed by atoms with van der Waals surface area (Å²) in [5.41, 5.74) is -0.0577. The highest BCUT2D eigenvalue weighted by atomic mass is 16.3. The highest BCUT2D eigenvalue weighted by molar-refractivity contribution is 5.01. The number of likely N-dealkylation sites (N-methyl/N-ethyl adjacent to an activating group) is 1. The Balaban J connectivity index is 2.21. The predicted octanol–water partition coefficient (Wildman–Crippen LogP) is -0.342. The molecule has 0 aliphatic heterocycles. The lowest BCUT2D eigenvalue weighted by Crippen LogP contribution is -2.61. The number of hydrogen-bond acceptors (Lipinski definition) is 4. The molecule has 0 bridgehead atoms. The number of aliphatic hydroxyl groups is 2. The van der Waals surface area contributed by atoms with E-state index >= 15 is 0 Å². The van der Waals surface area contributed by atoms with Gasteiger partial charge in [0.2, 0.25) is 0 Å². The van der Waals surface area contributed by atoms with E-state index in [1.165, 1.54) is 0 Å². The molecule has 0 aromatic carbocycles. The molecule has 0 heterocycles. The Kier molecular flexibility index (Phi) is 4.12. The molecule has 3 N–H and O–H groups in total. The van der Waals surface area contributed by atoms with Crippen molar-refractivity contribution in [3.8, 4) is 0 Å². The van der Waals surface area contributed by atoms with E-state index in [2.05, 4.69) is 19.2 Å². The molecule has 1 aliphatic carbocycles. The van der Waals surface area contributed by atoms with Gasteiger partial charge in [0, 0.05) is 24.5 Å². The molecule has 0 radical (unpaired) electrons. The van der Waals surface area contributed by atoms with E-state index in [0.29, 0.717) is 19.1 Å². The van der Waals surface area contributed by atoms with Crippen LogP contribution >= 0.6 is 0 Å². The fourth-order valence-corrected chi connectivity index (χ4v) is 2.01. The second kappa shape index (κ2) is 4.78. The second-order valence-electron chi connectivity index (χ2n) is 5.45. The quantitative estimate of drug-likeness (QED) is 0.588. The standard InChI is InChI=1S/C11H24N2O2/c1-11(2)9(5-10(11)15)12-6-8(14)7-13(3)4/h8-10,12,14-15H,5-7H2,1-4H3. The third-order valence-electron chi connectivity index (χ3n) is 3.39. The molecular formula is C11H24N2O2. The maximum absolute atomic E-state index is 9.66. The van der Waals surface area contributed by atoms with Gasteiger partial charge in [-0.15, -0.1) is 0 Å². The van der Waals surface area contributed by atoms with Crippen LogP contribution in [0.5, 0.6) is 0 Å². The monoisotopic (exact) mass is 216 g/mol. The van der Waals surface area contributed by atoms with Gasteiger partial charge in [-0.25, -0.2) is 0 Å². The van der Waals surface area contributed by atoms with Crippen LogP contribution in [0.3, 0.4) is 0 Å². The molecule has 4 nitrogen and oxygen atoms in total. The first-order valence-electron chi connectivity index (χ1n) is 5.58. The summed E-state index contributed by atoms with van der Waals surface area (Å²) in [5.74, 6) is 0. The molecule has 0 amide bonds. The van der Waals surface area contributed by atoms with Crippen LogP contribution in [0.2, 0.25) is 0 Å². The molecule has 0 aromatic heterocycles. The first-order chi connectivity index (χ1) is 6.84. The SMILES string of the molecule is CN(C)CC(O)CNC1CC(O)C1(C)C. The molecule has 90 valence electrons. The first-order valence-corrected chi connectivity index (χ1v) is 5.58. The van der Waals surface area contributed by atoms with Crippen molar-refractivity contribution in [2.45, 2.75) is 38.5 Å². The molecule has 15 heavy (non-hydrogen) atoms. The van der Waals surface area contributed by atoms with Gasteiger partial charge in [-0.2, -0.15) is 0 Å². The van der Waals surface area contributed by atoms with Crippen LogP contribution in [-0.4, -0.2) is 60.5 Å². The Labute approximate surface area is 92.3 Å². The van der Waals surface area contributed by atoms with Crippen molar-refractivity contribution in [3.63, 3.8) is 0 Å². The lowest BCUT2D eigenvalue weighted by molar-refractivity contribution is -0.0751. The lowest BCUT2D eigenvalue weighted by Gasteiger charge is -2.50. The zero-order valence-electron chi connectivity index (χ0n) is 10.2. The Hall–Kier alpha value is -0.160. The van der Waals surface area contributed by atoms with E-state index < -0.39 is 0 Å². The van der Waals surface area contributed by atoms with E-state index in [9.17, 15) is 10.2 Å². The summed E-state index contributed by atoms with van der Waals surface area (Å²) in [6, 6.07) is 0.323. The maximum Gasteiger partial charge on any atom is 0.0791 e. The molecule has 0 spiro atoms. The second-order valence-corrected chi connectivity index (χ2v) is 5.45. The van der Waals surface area contributed by atoms with Crippen molar-refractivity contribution in [1.82, 2.24) is 10.2 Å². The molecule has 1 rings (SSSR count). The Morgan fingerprint density at radius 1 is 1.47 bits per heavy atom. The van der Waals surface area contributed by atoms with E-state index in [0.717, 1.165) is 6.42 Å². The Morgan fingerprint density at radius 2 is 2.07 bits per heavy atom. The molecule has 4 heteroatoms. The van der Waals surface area contributed by atoms with E-state index in [-0.39, 0.29) is 17.6 Å². The van der Waals surface area contributed by atoms with Gasteiger partial charge >= 0.3 is 0 Å². The van der Waals surface area contributed by atoms with Gasteiger partial charge in [0.15, 0.2) is 0 Å². The van der Waals surface area contributed by atoms with Crippen LogP contribution in [0.4, 0.5) is 0 Å². The highest BCUT2D eigenvalue weighted by Crippen LogP contribution is 2.40. The van der Waals surface area contributed by atoms with E-state index in [4.69, 9.17) is 0 Å². The minimum Gasteiger partial charge on any atom is -0.392 e. The number of hydrogen-bond donors (Lipinski definition) is 3. The summed E-state index contributed by atoms with van der Waals surface area (Å²) >= 11 is 0. The van der Waals surface area contributed by atoms with Crippen molar-refractivity contribution < 1.29 is 10.2 Å². The van der Waals surface area contributed by atoms with Crippen LogP contribution in [0.15, 0.2) is 0 Å². The van der Waals surface area contributed by atoms with Crippen molar-refractivity contribution in [1.29, 1.82) is 0 Å². The number of nitrogens with zero attached hydrogens (tertiary/aromatic N) is 1. The van der Waals surface area contributed by atoms with Gasteiger partial charge in [0.25, 0.3) is 0 Å². The van der Waals surface area contributed by atoms with Crippen molar-refractivity contribution in [3.05, 3.63) is 0 Å². The molecule has 1 fully saturated rings. The van der Waals surface area contributed by atoms with Gasteiger partial charge in [0.05, 0.1) is 12.2 Å². The first kappa shape index (κ1) is 12.9. The van der Waals surface area contributed by atoms with Crippen molar-refractivity contribution in [2.75, 3.05) is 27.2 Å². The van der Waals surface area contributed by atoms with Crippen molar-refractivity contribution >= 4 is 0 Å². The minimum absolute atomic E-state index is 0.0577. The van der Waals surface area contributed by atoms with Gasteiger partial charge in [-0.3, -0.25) is 0 Å². The van der Waals surface area contributed by atoms with Gasteiger partial charge in [-0.05, 0) is 20.5 Å². The minimum atomic E-state index is -0.339. The van der Waals surface area contributed by atoms with E-state index in [1.807, 2.05) is 19.0 Å². The van der Waals surface area contributed by atoms with Gasteiger partial charge in [-0.1, -0.05) is 13.8 Å². The summed E-state index contributed by atoms with van der Waals surface area (Å²) < 4.78 is 0. The molecule has 0 saturated heterocycles. The molecule has 1 aliphatic rings. The third kappa shape index (κ3) is 3.14. The maximum atomic E-state index is 9.66. The average molecular weight is 216 g/mol. The van der Waals surface area contributed by atoms with Crippen LogP contribution in [0, 0.1) is 5.41 Å². The van der Waals surface area contributed by atoms with Crippen LogP contribution in [-0.2, 0) is 0 Å². The zero-order chi connectivity index (χ0) is 11.6. The number of nitrogens with one attached hydrogen (secondary N) is 1. The van der Waals surface area contributed by atoms with Gasteiger partial charge < -0.3 is 20.4 Å². The normalized spacial score (nSPS) is 31.4. The fraction of sp³-hybridized carbons (Fsp3) is 1.00. The summed E-state index contributed by atoms with van der Waals surface area (Å²) in [4.78, 5) is 1.97. The molecule has 3 atom stereocenters. The molecular weight excluding hydrogens is 192 g/mol. The zero-order valence-corrected chi connectivity index (χ0v) is 10.2. The summed E-state index contributed by atoms with van der Waals surface area (Å²) in [6.45, 7) is 5.37.